The largest absolute Gasteiger partial charge is 0.274 e. The Labute approximate surface area is 126 Å². The number of nitrogens with zero attached hydrogens (tertiary/aromatic N) is 1. The van der Waals surface area contributed by atoms with Gasteiger partial charge in [0.05, 0.1) is 0 Å². The van der Waals surface area contributed by atoms with Gasteiger partial charge in [-0.25, -0.2) is 8.78 Å². The zero-order valence-electron chi connectivity index (χ0n) is 13.8. The molecule has 0 atom stereocenters. The molecule has 0 bridgehead atoms. The van der Waals surface area contributed by atoms with Crippen LogP contribution < -0.4 is 0 Å². The highest BCUT2D eigenvalue weighted by atomic mass is 19.3. The van der Waals surface area contributed by atoms with Crippen LogP contribution in [0.2, 0.25) is 0 Å². The van der Waals surface area contributed by atoms with Gasteiger partial charge in [0.2, 0.25) is 0 Å². The molecule has 3 rings (SSSR count). The zero-order chi connectivity index (χ0) is 16.3. The third kappa shape index (κ3) is 3.07. The van der Waals surface area contributed by atoms with E-state index in [-0.39, 0.29) is 12.0 Å². The minimum atomic E-state index is -2.75. The average Bonchev–Trinajstić information content (AvgIpc) is 2.48. The zero-order valence-corrected chi connectivity index (χ0v) is 13.8. The van der Waals surface area contributed by atoms with Crippen molar-refractivity contribution >= 4 is 10.8 Å². The lowest BCUT2D eigenvalue weighted by molar-refractivity contribution is -0.0332. The number of pyridine rings is 1. The highest BCUT2D eigenvalue weighted by Gasteiger charge is 2.45. The van der Waals surface area contributed by atoms with Crippen LogP contribution in [-0.2, 0) is 11.3 Å². The smallest absolute Gasteiger partial charge is 0.264 e. The second-order valence-corrected chi connectivity index (χ2v) is 5.36. The lowest BCUT2D eigenvalue weighted by atomic mass is 9.71. The van der Waals surface area contributed by atoms with Crippen molar-refractivity contribution in [2.24, 2.45) is 0 Å². The maximum absolute atomic E-state index is 14.1. The maximum Gasteiger partial charge on any atom is 0.274 e. The molecule has 0 aliphatic heterocycles. The van der Waals surface area contributed by atoms with Crippen molar-refractivity contribution < 1.29 is 8.78 Å². The van der Waals surface area contributed by atoms with Crippen molar-refractivity contribution in [3.05, 3.63) is 41.7 Å². The molecule has 0 amide bonds. The fourth-order valence-electron chi connectivity index (χ4n) is 2.80. The first kappa shape index (κ1) is 17.5. The molecule has 0 radical (unpaired) electrons. The molecule has 1 aromatic heterocycles. The van der Waals surface area contributed by atoms with Gasteiger partial charge in [0.1, 0.15) is 0 Å². The second-order valence-electron chi connectivity index (χ2n) is 5.36. The molecule has 1 heterocycles. The Balaban J connectivity index is 0.000000510. The van der Waals surface area contributed by atoms with Crippen LogP contribution >= 0.6 is 0 Å². The summed E-state index contributed by atoms with van der Waals surface area (Å²) in [5, 5.41) is 1.48. The summed E-state index contributed by atoms with van der Waals surface area (Å²) in [4.78, 5) is 4.16. The first-order chi connectivity index (χ1) is 9.92. The van der Waals surface area contributed by atoms with E-state index in [0.717, 1.165) is 10.9 Å². The minimum absolute atomic E-state index is 0.145. The Morgan fingerprint density at radius 1 is 0.952 bits per heavy atom. The lowest BCUT2D eigenvalue weighted by Gasteiger charge is -2.36. The molecule has 116 valence electrons. The second kappa shape index (κ2) is 6.50. The number of benzene rings is 1. The number of aromatic nitrogens is 1. The van der Waals surface area contributed by atoms with Crippen LogP contribution in [0.15, 0.2) is 30.6 Å². The summed E-state index contributed by atoms with van der Waals surface area (Å²) in [5.41, 5.74) is 0.535. The van der Waals surface area contributed by atoms with Crippen molar-refractivity contribution in [1.29, 1.82) is 0 Å². The van der Waals surface area contributed by atoms with Gasteiger partial charge in [-0.3, -0.25) is 4.98 Å². The van der Waals surface area contributed by atoms with Crippen molar-refractivity contribution in [2.45, 2.75) is 59.3 Å². The SMILES string of the molecule is CC.CC.CC1(C)CC(F)(F)c2cccc3cncc1c23. The summed E-state index contributed by atoms with van der Waals surface area (Å²) in [6.07, 6.45) is 3.22. The van der Waals surface area contributed by atoms with Crippen molar-refractivity contribution in [1.82, 2.24) is 4.98 Å². The summed E-state index contributed by atoms with van der Waals surface area (Å²) in [5.74, 6) is -2.75. The maximum atomic E-state index is 14.1. The monoisotopic (exact) mass is 293 g/mol. The van der Waals surface area contributed by atoms with Gasteiger partial charge >= 0.3 is 0 Å². The molecule has 3 heteroatoms. The predicted octanol–water partition coefficient (Wildman–Crippen LogP) is 6.06. The number of hydrogen-bond donors (Lipinski definition) is 0. The van der Waals surface area contributed by atoms with Crippen molar-refractivity contribution in [2.75, 3.05) is 0 Å². The Kier molecular flexibility index (Phi) is 5.43. The fourth-order valence-corrected chi connectivity index (χ4v) is 2.80. The van der Waals surface area contributed by atoms with E-state index in [9.17, 15) is 8.78 Å². The van der Waals surface area contributed by atoms with Crippen LogP contribution in [0.25, 0.3) is 10.8 Å². The van der Waals surface area contributed by atoms with E-state index in [2.05, 4.69) is 4.98 Å². The Morgan fingerprint density at radius 2 is 1.57 bits per heavy atom. The first-order valence-electron chi connectivity index (χ1n) is 7.67. The number of rotatable bonds is 0. The molecule has 1 nitrogen and oxygen atoms in total. The normalized spacial score (nSPS) is 17.1. The molecule has 1 aliphatic carbocycles. The fraction of sp³-hybridized carbons (Fsp3) is 0.500. The molecule has 0 spiro atoms. The molecule has 2 aromatic rings. The van der Waals surface area contributed by atoms with E-state index in [1.54, 1.807) is 18.5 Å². The molecule has 1 aromatic carbocycles. The Hall–Kier alpha value is -1.51. The molecule has 0 saturated heterocycles. The van der Waals surface area contributed by atoms with E-state index < -0.39 is 11.3 Å². The number of halogens is 2. The van der Waals surface area contributed by atoms with Gasteiger partial charge in [-0.1, -0.05) is 59.7 Å². The molecule has 0 fully saturated rings. The molecule has 21 heavy (non-hydrogen) atoms. The summed E-state index contributed by atoms with van der Waals surface area (Å²) < 4.78 is 28.3. The molecule has 0 unspecified atom stereocenters. The summed E-state index contributed by atoms with van der Waals surface area (Å²) in [6.45, 7) is 11.7. The number of hydrogen-bond acceptors (Lipinski definition) is 1. The van der Waals surface area contributed by atoms with Gasteiger partial charge in [0.15, 0.2) is 0 Å². The lowest BCUT2D eigenvalue weighted by Crippen LogP contribution is -2.32. The third-order valence-electron chi connectivity index (χ3n) is 3.57. The van der Waals surface area contributed by atoms with Gasteiger partial charge in [0.25, 0.3) is 5.92 Å². The van der Waals surface area contributed by atoms with Crippen LogP contribution in [0.5, 0.6) is 0 Å². The van der Waals surface area contributed by atoms with Gasteiger partial charge in [-0.2, -0.15) is 0 Å². The standard InChI is InChI=1S/C14H13F2N.2C2H6/c1-13(2)8-14(15,16)10-5-3-4-9-6-17-7-11(13)12(9)10;2*1-2/h3-7H,8H2,1-2H3;2*1-2H3. The topological polar surface area (TPSA) is 12.9 Å². The molecular weight excluding hydrogens is 268 g/mol. The Bertz CT molecular complexity index is 554. The van der Waals surface area contributed by atoms with Gasteiger partial charge < -0.3 is 0 Å². The van der Waals surface area contributed by atoms with Crippen LogP contribution in [0.1, 0.15) is 59.1 Å². The highest BCUT2D eigenvalue weighted by molar-refractivity contribution is 5.90. The summed E-state index contributed by atoms with van der Waals surface area (Å²) in [6, 6.07) is 5.04. The van der Waals surface area contributed by atoms with E-state index in [4.69, 9.17) is 0 Å². The van der Waals surface area contributed by atoms with Crippen molar-refractivity contribution in [3.8, 4) is 0 Å². The van der Waals surface area contributed by atoms with Crippen LogP contribution in [-0.4, -0.2) is 4.98 Å². The van der Waals surface area contributed by atoms with Gasteiger partial charge in [-0.15, -0.1) is 0 Å². The van der Waals surface area contributed by atoms with E-state index in [1.165, 1.54) is 6.07 Å². The summed E-state index contributed by atoms with van der Waals surface area (Å²) in [7, 11) is 0. The van der Waals surface area contributed by atoms with Gasteiger partial charge in [-0.05, 0) is 16.4 Å². The van der Waals surface area contributed by atoms with E-state index >= 15 is 0 Å². The van der Waals surface area contributed by atoms with Gasteiger partial charge in [0, 0.05) is 29.8 Å². The Morgan fingerprint density at radius 3 is 2.19 bits per heavy atom. The van der Waals surface area contributed by atoms with Crippen LogP contribution in [0, 0.1) is 0 Å². The first-order valence-corrected chi connectivity index (χ1v) is 7.67. The third-order valence-corrected chi connectivity index (χ3v) is 3.57. The average molecular weight is 293 g/mol. The quantitative estimate of drug-likeness (QED) is 0.575. The minimum Gasteiger partial charge on any atom is -0.264 e. The summed E-state index contributed by atoms with van der Waals surface area (Å²) >= 11 is 0. The molecular formula is C18H25F2N. The number of alkyl halides is 2. The van der Waals surface area contributed by atoms with Crippen LogP contribution in [0.3, 0.4) is 0 Å². The molecule has 0 saturated carbocycles. The molecule has 1 aliphatic rings. The highest BCUT2D eigenvalue weighted by Crippen LogP contribution is 2.50. The van der Waals surface area contributed by atoms with Crippen LogP contribution in [0.4, 0.5) is 8.78 Å². The molecule has 0 N–H and O–H groups in total. The van der Waals surface area contributed by atoms with Crippen molar-refractivity contribution in [3.63, 3.8) is 0 Å². The van der Waals surface area contributed by atoms with E-state index in [0.29, 0.717) is 5.39 Å². The van der Waals surface area contributed by atoms with E-state index in [1.807, 2.05) is 47.6 Å². The predicted molar refractivity (Wildman–Crippen MR) is 86.0 cm³/mol.